The van der Waals surface area contributed by atoms with E-state index in [-0.39, 0.29) is 16.7 Å². The molecule has 1 saturated carbocycles. The number of amides is 1. The Morgan fingerprint density at radius 1 is 0.893 bits per heavy atom. The molecule has 154 valence electrons. The average molecular weight is 409 g/mol. The monoisotopic (exact) mass is 408 g/mol. The van der Waals surface area contributed by atoms with E-state index in [4.69, 9.17) is 0 Å². The normalized spacial score (nSPS) is 27.4. The number of benzene rings is 1. The van der Waals surface area contributed by atoms with Crippen LogP contribution in [-0.2, 0) is 14.8 Å². The summed E-state index contributed by atoms with van der Waals surface area (Å²) in [4.78, 5) is 15.4. The number of sulfonamides is 1. The van der Waals surface area contributed by atoms with Gasteiger partial charge in [0.2, 0.25) is 15.9 Å². The van der Waals surface area contributed by atoms with Crippen molar-refractivity contribution in [1.82, 2.24) is 9.21 Å². The predicted octanol–water partition coefficient (Wildman–Crippen LogP) is 3.41. The first-order valence-electron chi connectivity index (χ1n) is 10.5. The van der Waals surface area contributed by atoms with Crippen LogP contribution in [0.15, 0.2) is 29.2 Å². The number of hydrogen-bond donors (Lipinski definition) is 0. The van der Waals surface area contributed by atoms with E-state index in [1.807, 2.05) is 0 Å². The summed E-state index contributed by atoms with van der Waals surface area (Å²) in [5.74, 6) is 0.354. The van der Waals surface area contributed by atoms with E-state index < -0.39 is 15.8 Å². The highest BCUT2D eigenvalue weighted by Gasteiger charge is 2.39. The third-order valence-corrected chi connectivity index (χ3v) is 8.69. The summed E-state index contributed by atoms with van der Waals surface area (Å²) < 4.78 is 40.1. The largest absolute Gasteiger partial charge is 0.339 e. The molecule has 28 heavy (non-hydrogen) atoms. The molecule has 0 spiro atoms. The van der Waals surface area contributed by atoms with Gasteiger partial charge in [-0.2, -0.15) is 4.31 Å². The topological polar surface area (TPSA) is 57.7 Å². The molecule has 3 fully saturated rings. The maximum Gasteiger partial charge on any atom is 0.243 e. The summed E-state index contributed by atoms with van der Waals surface area (Å²) in [6.45, 7) is 1.55. The number of fused-ring (bicyclic) bond motifs is 1. The Kier molecular flexibility index (Phi) is 5.74. The molecule has 0 N–H and O–H groups in total. The molecule has 1 aromatic carbocycles. The zero-order chi connectivity index (χ0) is 19.7. The molecule has 0 radical (unpaired) electrons. The van der Waals surface area contributed by atoms with Crippen molar-refractivity contribution < 1.29 is 17.6 Å². The summed E-state index contributed by atoms with van der Waals surface area (Å²) in [5.41, 5.74) is 0. The van der Waals surface area contributed by atoms with Crippen LogP contribution in [0.2, 0.25) is 0 Å². The highest BCUT2D eigenvalue weighted by atomic mass is 32.2. The van der Waals surface area contributed by atoms with E-state index in [0.717, 1.165) is 19.4 Å². The summed E-state index contributed by atoms with van der Waals surface area (Å²) in [5, 5.41) is 0. The van der Waals surface area contributed by atoms with Crippen molar-refractivity contribution in [2.45, 2.75) is 62.3 Å². The number of carbonyl (C=O) groups excluding carboxylic acids is 1. The van der Waals surface area contributed by atoms with E-state index in [0.29, 0.717) is 37.9 Å². The minimum absolute atomic E-state index is 0.0830. The number of rotatable bonds is 3. The summed E-state index contributed by atoms with van der Waals surface area (Å²) in [7, 11) is -3.63. The third kappa shape index (κ3) is 3.83. The lowest BCUT2D eigenvalue weighted by atomic mass is 9.77. The summed E-state index contributed by atoms with van der Waals surface area (Å²) in [6, 6.07) is 5.34. The second-order valence-corrected chi connectivity index (χ2v) is 10.4. The summed E-state index contributed by atoms with van der Waals surface area (Å²) >= 11 is 0. The molecule has 2 unspecified atom stereocenters. The van der Waals surface area contributed by atoms with Gasteiger partial charge in [0, 0.05) is 31.6 Å². The van der Waals surface area contributed by atoms with Crippen LogP contribution in [0, 0.1) is 17.7 Å². The molecule has 2 saturated heterocycles. The van der Waals surface area contributed by atoms with Crippen LogP contribution in [0.5, 0.6) is 0 Å². The van der Waals surface area contributed by atoms with Crippen molar-refractivity contribution >= 4 is 15.9 Å². The standard InChI is InChI=1S/C21H29FN2O3S/c22-18-7-9-19(10-8-18)28(26,27)23-14-11-17(12-15-23)21(25)24-13-3-5-16-4-1-2-6-20(16)24/h7-10,16-17,20H,1-6,11-15H2. The fraction of sp³-hybridized carbons (Fsp3) is 0.667. The zero-order valence-corrected chi connectivity index (χ0v) is 17.0. The minimum atomic E-state index is -3.63. The van der Waals surface area contributed by atoms with Crippen LogP contribution in [0.25, 0.3) is 0 Å². The van der Waals surface area contributed by atoms with E-state index in [2.05, 4.69) is 4.90 Å². The fourth-order valence-electron chi connectivity index (χ4n) is 5.23. The predicted molar refractivity (Wildman–Crippen MR) is 105 cm³/mol. The van der Waals surface area contributed by atoms with Gasteiger partial charge in [0.1, 0.15) is 5.82 Å². The first kappa shape index (κ1) is 19.8. The SMILES string of the molecule is O=C(C1CCN(S(=O)(=O)c2ccc(F)cc2)CC1)N1CCCC2CCCCC21. The molecule has 1 aromatic rings. The molecular weight excluding hydrogens is 379 g/mol. The zero-order valence-electron chi connectivity index (χ0n) is 16.2. The lowest BCUT2D eigenvalue weighted by Gasteiger charge is -2.46. The Labute approximate surface area is 166 Å². The molecule has 2 atom stereocenters. The number of nitrogens with zero attached hydrogens (tertiary/aromatic N) is 2. The van der Waals surface area contributed by atoms with Crippen molar-refractivity contribution in [3.8, 4) is 0 Å². The highest BCUT2D eigenvalue weighted by molar-refractivity contribution is 7.89. The lowest BCUT2D eigenvalue weighted by molar-refractivity contribution is -0.143. The maximum atomic E-state index is 13.2. The Bertz CT molecular complexity index is 801. The second-order valence-electron chi connectivity index (χ2n) is 8.42. The minimum Gasteiger partial charge on any atom is -0.339 e. The van der Waals surface area contributed by atoms with Crippen molar-refractivity contribution in [2.75, 3.05) is 19.6 Å². The molecule has 7 heteroatoms. The van der Waals surface area contributed by atoms with E-state index in [9.17, 15) is 17.6 Å². The van der Waals surface area contributed by atoms with Gasteiger partial charge in [-0.3, -0.25) is 4.79 Å². The van der Waals surface area contributed by atoms with Crippen molar-refractivity contribution in [3.63, 3.8) is 0 Å². The van der Waals surface area contributed by atoms with Gasteiger partial charge in [-0.15, -0.1) is 0 Å². The van der Waals surface area contributed by atoms with E-state index in [1.54, 1.807) is 0 Å². The molecule has 0 aromatic heterocycles. The van der Waals surface area contributed by atoms with Gasteiger partial charge in [-0.05, 0) is 68.7 Å². The van der Waals surface area contributed by atoms with Gasteiger partial charge in [0.25, 0.3) is 0 Å². The molecule has 0 bridgehead atoms. The van der Waals surface area contributed by atoms with Gasteiger partial charge < -0.3 is 4.90 Å². The molecule has 2 heterocycles. The van der Waals surface area contributed by atoms with Gasteiger partial charge in [-0.1, -0.05) is 12.8 Å². The van der Waals surface area contributed by atoms with Gasteiger partial charge in [0.05, 0.1) is 4.90 Å². The number of piperidine rings is 2. The fourth-order valence-corrected chi connectivity index (χ4v) is 6.70. The van der Waals surface area contributed by atoms with Crippen molar-refractivity contribution in [3.05, 3.63) is 30.1 Å². The molecule has 1 amide bonds. The Morgan fingerprint density at radius 2 is 1.54 bits per heavy atom. The number of carbonyl (C=O) groups is 1. The second kappa shape index (κ2) is 8.11. The molecular formula is C21H29FN2O3S. The van der Waals surface area contributed by atoms with Crippen LogP contribution in [0.1, 0.15) is 51.4 Å². The first-order chi connectivity index (χ1) is 13.5. The third-order valence-electron chi connectivity index (χ3n) is 6.78. The van der Waals surface area contributed by atoms with Crippen LogP contribution in [-0.4, -0.2) is 49.2 Å². The Morgan fingerprint density at radius 3 is 2.25 bits per heavy atom. The molecule has 2 aliphatic heterocycles. The quantitative estimate of drug-likeness (QED) is 0.770. The highest BCUT2D eigenvalue weighted by Crippen LogP contribution is 2.37. The van der Waals surface area contributed by atoms with Crippen molar-refractivity contribution in [1.29, 1.82) is 0 Å². The molecule has 4 rings (SSSR count). The Hall–Kier alpha value is -1.47. The van der Waals surface area contributed by atoms with Crippen LogP contribution >= 0.6 is 0 Å². The first-order valence-corrected chi connectivity index (χ1v) is 12.0. The van der Waals surface area contributed by atoms with Gasteiger partial charge in [0.15, 0.2) is 0 Å². The number of likely N-dealkylation sites (tertiary alicyclic amines) is 1. The van der Waals surface area contributed by atoms with Gasteiger partial charge in [-0.25, -0.2) is 12.8 Å². The maximum absolute atomic E-state index is 13.2. The Balaban J connectivity index is 1.39. The number of hydrogen-bond acceptors (Lipinski definition) is 3. The van der Waals surface area contributed by atoms with Gasteiger partial charge >= 0.3 is 0 Å². The smallest absolute Gasteiger partial charge is 0.243 e. The van der Waals surface area contributed by atoms with Crippen LogP contribution in [0.3, 0.4) is 0 Å². The molecule has 1 aliphatic carbocycles. The van der Waals surface area contributed by atoms with Crippen LogP contribution in [0.4, 0.5) is 4.39 Å². The van der Waals surface area contributed by atoms with E-state index >= 15 is 0 Å². The number of halogens is 1. The summed E-state index contributed by atoms with van der Waals surface area (Å²) in [6.07, 6.45) is 8.30. The lowest BCUT2D eigenvalue weighted by Crippen LogP contribution is -2.53. The average Bonchev–Trinajstić information content (AvgIpc) is 2.73. The molecule has 5 nitrogen and oxygen atoms in total. The molecule has 3 aliphatic rings. The van der Waals surface area contributed by atoms with Crippen molar-refractivity contribution in [2.24, 2.45) is 11.8 Å². The van der Waals surface area contributed by atoms with E-state index in [1.165, 1.54) is 54.3 Å². The van der Waals surface area contributed by atoms with Crippen LogP contribution < -0.4 is 0 Å².